The van der Waals surface area contributed by atoms with Gasteiger partial charge >= 0.3 is 5.97 Å². The zero-order chi connectivity index (χ0) is 12.8. The molecule has 0 aromatic heterocycles. The second-order valence-electron chi connectivity index (χ2n) is 5.55. The number of hydrogen-bond acceptors (Lipinski definition) is 3. The number of nitrogens with zero attached hydrogens (tertiary/aromatic N) is 1. The van der Waals surface area contributed by atoms with Gasteiger partial charge in [0.25, 0.3) is 0 Å². The van der Waals surface area contributed by atoms with E-state index < -0.39 is 17.3 Å². The van der Waals surface area contributed by atoms with Crippen molar-refractivity contribution in [3.63, 3.8) is 0 Å². The highest BCUT2D eigenvalue weighted by Gasteiger charge is 2.66. The molecular weight excluding hydrogens is 222 g/mol. The topological polar surface area (TPSA) is 66.8 Å². The second kappa shape index (κ2) is 3.98. The maximum atomic E-state index is 12.2. The Kier molecular flexibility index (Phi) is 2.89. The molecular formula is C12H19NO4. The molecule has 0 aromatic rings. The van der Waals surface area contributed by atoms with E-state index in [9.17, 15) is 9.59 Å². The number of hydrogen-bond donors (Lipinski definition) is 1. The summed E-state index contributed by atoms with van der Waals surface area (Å²) in [5.74, 6) is -1.79. The number of ether oxygens (including phenoxy) is 1. The molecule has 1 N–H and O–H groups in total. The summed E-state index contributed by atoms with van der Waals surface area (Å²) in [5.41, 5.74) is -0.409. The number of aliphatic carboxylic acids is 1. The minimum atomic E-state index is -0.865. The molecule has 0 radical (unpaired) electrons. The van der Waals surface area contributed by atoms with E-state index in [-0.39, 0.29) is 17.9 Å². The van der Waals surface area contributed by atoms with Gasteiger partial charge in [0, 0.05) is 20.2 Å². The zero-order valence-electron chi connectivity index (χ0n) is 10.5. The lowest BCUT2D eigenvalue weighted by molar-refractivity contribution is -0.141. The lowest BCUT2D eigenvalue weighted by atomic mass is 10.1. The predicted molar refractivity (Wildman–Crippen MR) is 60.4 cm³/mol. The molecule has 17 heavy (non-hydrogen) atoms. The van der Waals surface area contributed by atoms with Gasteiger partial charge in [-0.3, -0.25) is 9.59 Å². The van der Waals surface area contributed by atoms with Crippen LogP contribution in [0, 0.1) is 17.3 Å². The molecule has 1 saturated carbocycles. The SMILES string of the molecule is COC1CCN(C(=O)C2C(C(=O)O)C2(C)C)C1. The van der Waals surface area contributed by atoms with Crippen LogP contribution < -0.4 is 0 Å². The fourth-order valence-corrected chi connectivity index (χ4v) is 2.88. The Morgan fingerprint density at radius 1 is 1.35 bits per heavy atom. The molecule has 0 bridgehead atoms. The number of rotatable bonds is 3. The number of carbonyl (C=O) groups is 2. The van der Waals surface area contributed by atoms with Gasteiger partial charge in [-0.25, -0.2) is 0 Å². The predicted octanol–water partition coefficient (Wildman–Crippen LogP) is 0.590. The maximum absolute atomic E-state index is 12.2. The van der Waals surface area contributed by atoms with Crippen LogP contribution in [0.25, 0.3) is 0 Å². The Labute approximate surface area is 101 Å². The average Bonchev–Trinajstić information content (AvgIpc) is 2.63. The van der Waals surface area contributed by atoms with Crippen molar-refractivity contribution >= 4 is 11.9 Å². The lowest BCUT2D eigenvalue weighted by Crippen LogP contribution is -2.32. The molecule has 3 unspecified atom stereocenters. The molecule has 2 aliphatic rings. The zero-order valence-corrected chi connectivity index (χ0v) is 10.5. The Bertz CT molecular complexity index is 352. The fraction of sp³-hybridized carbons (Fsp3) is 0.833. The quantitative estimate of drug-likeness (QED) is 0.785. The summed E-state index contributed by atoms with van der Waals surface area (Å²) < 4.78 is 5.21. The minimum absolute atomic E-state index is 0.0260. The van der Waals surface area contributed by atoms with Crippen molar-refractivity contribution < 1.29 is 19.4 Å². The summed E-state index contributed by atoms with van der Waals surface area (Å²) >= 11 is 0. The summed E-state index contributed by atoms with van der Waals surface area (Å²) in [6, 6.07) is 0. The van der Waals surface area contributed by atoms with Gasteiger partial charge in [0.15, 0.2) is 0 Å². The van der Waals surface area contributed by atoms with Gasteiger partial charge in [0.2, 0.25) is 5.91 Å². The first-order valence-electron chi connectivity index (χ1n) is 5.94. The maximum Gasteiger partial charge on any atom is 0.307 e. The van der Waals surface area contributed by atoms with Crippen molar-refractivity contribution in [1.29, 1.82) is 0 Å². The van der Waals surface area contributed by atoms with Gasteiger partial charge in [0.1, 0.15) is 0 Å². The van der Waals surface area contributed by atoms with Crippen LogP contribution in [0.4, 0.5) is 0 Å². The van der Waals surface area contributed by atoms with Crippen LogP contribution in [0.2, 0.25) is 0 Å². The molecule has 1 aliphatic heterocycles. The lowest BCUT2D eigenvalue weighted by Gasteiger charge is -2.16. The molecule has 1 heterocycles. The first-order valence-corrected chi connectivity index (χ1v) is 5.94. The average molecular weight is 241 g/mol. The number of carboxylic acid groups (broad SMARTS) is 1. The van der Waals surface area contributed by atoms with Crippen LogP contribution in [0.15, 0.2) is 0 Å². The summed E-state index contributed by atoms with van der Waals surface area (Å²) in [7, 11) is 1.64. The Hall–Kier alpha value is -1.10. The van der Waals surface area contributed by atoms with Gasteiger partial charge in [-0.1, -0.05) is 13.8 Å². The summed E-state index contributed by atoms with van der Waals surface area (Å²) in [5, 5.41) is 9.05. The van der Waals surface area contributed by atoms with E-state index in [2.05, 4.69) is 0 Å². The molecule has 3 atom stereocenters. The second-order valence-corrected chi connectivity index (χ2v) is 5.55. The standard InChI is InChI=1S/C12H19NO4/c1-12(2)8(9(12)11(15)16)10(14)13-5-4-7(6-13)17-3/h7-9H,4-6H2,1-3H3,(H,15,16). The molecule has 96 valence electrons. The number of amides is 1. The highest BCUT2D eigenvalue weighted by Crippen LogP contribution is 2.59. The Balaban J connectivity index is 2.01. The summed E-state index contributed by atoms with van der Waals surface area (Å²) in [4.78, 5) is 25.0. The minimum Gasteiger partial charge on any atom is -0.481 e. The highest BCUT2D eigenvalue weighted by molar-refractivity contribution is 5.91. The number of methoxy groups -OCH3 is 1. The van der Waals surface area contributed by atoms with E-state index in [0.29, 0.717) is 13.1 Å². The van der Waals surface area contributed by atoms with Crippen LogP contribution >= 0.6 is 0 Å². The van der Waals surface area contributed by atoms with Crippen LogP contribution in [-0.2, 0) is 14.3 Å². The molecule has 0 aromatic carbocycles. The molecule has 5 nitrogen and oxygen atoms in total. The van der Waals surface area contributed by atoms with Gasteiger partial charge < -0.3 is 14.7 Å². The third kappa shape index (κ3) is 1.92. The van der Waals surface area contributed by atoms with Crippen molar-refractivity contribution in [3.05, 3.63) is 0 Å². The largest absolute Gasteiger partial charge is 0.481 e. The van der Waals surface area contributed by atoms with E-state index in [1.807, 2.05) is 13.8 Å². The van der Waals surface area contributed by atoms with Gasteiger partial charge in [-0.05, 0) is 11.8 Å². The van der Waals surface area contributed by atoms with Gasteiger partial charge in [-0.2, -0.15) is 0 Å². The van der Waals surface area contributed by atoms with E-state index in [4.69, 9.17) is 9.84 Å². The van der Waals surface area contributed by atoms with Crippen LogP contribution in [0.3, 0.4) is 0 Å². The summed E-state index contributed by atoms with van der Waals surface area (Å²) in [6.07, 6.45) is 0.941. The third-order valence-electron chi connectivity index (χ3n) is 4.15. The molecule has 1 saturated heterocycles. The van der Waals surface area contributed by atoms with Crippen molar-refractivity contribution in [2.75, 3.05) is 20.2 Å². The molecule has 0 spiro atoms. The van der Waals surface area contributed by atoms with Crippen molar-refractivity contribution in [3.8, 4) is 0 Å². The highest BCUT2D eigenvalue weighted by atomic mass is 16.5. The van der Waals surface area contributed by atoms with Crippen molar-refractivity contribution in [2.45, 2.75) is 26.4 Å². The molecule has 1 amide bonds. The summed E-state index contributed by atoms with van der Waals surface area (Å²) in [6.45, 7) is 4.96. The molecule has 2 fully saturated rings. The number of carboxylic acids is 1. The Morgan fingerprint density at radius 3 is 2.41 bits per heavy atom. The first kappa shape index (κ1) is 12.4. The number of likely N-dealkylation sites (tertiary alicyclic amines) is 1. The monoisotopic (exact) mass is 241 g/mol. The number of carbonyl (C=O) groups excluding carboxylic acids is 1. The Morgan fingerprint density at radius 2 is 2.00 bits per heavy atom. The fourth-order valence-electron chi connectivity index (χ4n) is 2.88. The smallest absolute Gasteiger partial charge is 0.307 e. The van der Waals surface area contributed by atoms with Crippen LogP contribution in [0.1, 0.15) is 20.3 Å². The van der Waals surface area contributed by atoms with E-state index in [1.165, 1.54) is 0 Å². The van der Waals surface area contributed by atoms with E-state index in [1.54, 1.807) is 12.0 Å². The van der Waals surface area contributed by atoms with Gasteiger partial charge in [0.05, 0.1) is 17.9 Å². The van der Waals surface area contributed by atoms with E-state index >= 15 is 0 Å². The van der Waals surface area contributed by atoms with Crippen molar-refractivity contribution in [1.82, 2.24) is 4.90 Å². The van der Waals surface area contributed by atoms with E-state index in [0.717, 1.165) is 6.42 Å². The van der Waals surface area contributed by atoms with Crippen LogP contribution in [0.5, 0.6) is 0 Å². The third-order valence-corrected chi connectivity index (χ3v) is 4.15. The van der Waals surface area contributed by atoms with Gasteiger partial charge in [-0.15, -0.1) is 0 Å². The normalized spacial score (nSPS) is 34.8. The van der Waals surface area contributed by atoms with Crippen LogP contribution in [-0.4, -0.2) is 48.2 Å². The molecule has 1 aliphatic carbocycles. The van der Waals surface area contributed by atoms with Crippen molar-refractivity contribution in [2.24, 2.45) is 17.3 Å². The molecule has 2 rings (SSSR count). The first-order chi connectivity index (χ1) is 7.89. The molecule has 5 heteroatoms.